The largest absolute Gasteiger partial charge is 0.395 e. The first kappa shape index (κ1) is 17.4. The minimum absolute atomic E-state index is 0.0185. The molecule has 0 aliphatic heterocycles. The highest BCUT2D eigenvalue weighted by Crippen LogP contribution is 2.17. The number of hydrogen-bond donors (Lipinski definition) is 3. The highest BCUT2D eigenvalue weighted by atomic mass is 32.1. The summed E-state index contributed by atoms with van der Waals surface area (Å²) in [7, 11) is 0. The maximum Gasteiger partial charge on any atom is 0.253 e. The molecular weight excluding hydrogens is 310 g/mol. The van der Waals surface area contributed by atoms with Gasteiger partial charge in [-0.3, -0.25) is 4.79 Å². The zero-order valence-electron chi connectivity index (χ0n) is 13.8. The minimum atomic E-state index is -0.122. The predicted molar refractivity (Wildman–Crippen MR) is 97.8 cm³/mol. The van der Waals surface area contributed by atoms with E-state index in [1.165, 1.54) is 5.56 Å². The normalized spacial score (nSPS) is 10.8. The summed E-state index contributed by atoms with van der Waals surface area (Å²) in [6.07, 6.45) is 0. The average Bonchev–Trinajstić information content (AvgIpc) is 2.49. The molecule has 2 aromatic rings. The van der Waals surface area contributed by atoms with Gasteiger partial charge in [-0.05, 0) is 67.7 Å². The fraction of sp³-hybridized carbons (Fsp3) is 0.412. The van der Waals surface area contributed by atoms with Crippen molar-refractivity contribution in [2.45, 2.75) is 27.3 Å². The van der Waals surface area contributed by atoms with Crippen LogP contribution in [0.4, 0.5) is 0 Å². The molecular formula is C17H23N3O2S. The van der Waals surface area contributed by atoms with Gasteiger partial charge in [0.25, 0.3) is 5.56 Å². The summed E-state index contributed by atoms with van der Waals surface area (Å²) < 4.78 is 0. The van der Waals surface area contributed by atoms with Gasteiger partial charge in [0.1, 0.15) is 0 Å². The number of H-pyrrole nitrogens is 1. The van der Waals surface area contributed by atoms with Gasteiger partial charge in [0.15, 0.2) is 5.11 Å². The fourth-order valence-electron chi connectivity index (χ4n) is 2.48. The number of aryl methyl sites for hydroxylation is 2. The molecule has 0 saturated carbocycles. The van der Waals surface area contributed by atoms with Crippen LogP contribution in [-0.4, -0.2) is 39.8 Å². The van der Waals surface area contributed by atoms with Gasteiger partial charge < -0.3 is 20.3 Å². The summed E-state index contributed by atoms with van der Waals surface area (Å²) in [5.74, 6) is 0. The van der Waals surface area contributed by atoms with Crippen molar-refractivity contribution in [3.63, 3.8) is 0 Å². The molecule has 5 nitrogen and oxygen atoms in total. The molecule has 0 aliphatic carbocycles. The topological polar surface area (TPSA) is 68.4 Å². The molecule has 0 aliphatic rings. The Morgan fingerprint density at radius 1 is 1.30 bits per heavy atom. The molecule has 0 radical (unpaired) electrons. The summed E-state index contributed by atoms with van der Waals surface area (Å²) in [5, 5.41) is 13.8. The number of aromatic amines is 1. The number of pyridine rings is 1. The second-order valence-electron chi connectivity index (χ2n) is 5.63. The number of thiocarbonyl (C=S) groups is 1. The third-order valence-corrected chi connectivity index (χ3v) is 4.28. The molecule has 1 heterocycles. The molecule has 1 aromatic carbocycles. The van der Waals surface area contributed by atoms with Crippen molar-refractivity contribution in [3.05, 3.63) is 45.2 Å². The van der Waals surface area contributed by atoms with Crippen molar-refractivity contribution in [1.82, 2.24) is 15.2 Å². The van der Waals surface area contributed by atoms with Crippen LogP contribution in [0.15, 0.2) is 23.0 Å². The number of aromatic nitrogens is 1. The second kappa shape index (κ2) is 7.57. The lowest BCUT2D eigenvalue weighted by atomic mass is 10.0. The number of aliphatic hydroxyl groups excluding tert-OH is 1. The number of aliphatic hydroxyl groups is 1. The van der Waals surface area contributed by atoms with Crippen LogP contribution < -0.4 is 10.9 Å². The number of fused-ring (bicyclic) bond motifs is 1. The third kappa shape index (κ3) is 4.09. The summed E-state index contributed by atoms with van der Waals surface area (Å²) >= 11 is 5.31. The standard InChI is InChI=1S/C17H23N3O2S/c1-4-18-17(23)20(5-6-21)10-14-9-13-7-11(2)12(3)8-15(13)19-16(14)22/h7-9,21H,4-6,10H2,1-3H3,(H,18,23)(H,19,22). The smallest absolute Gasteiger partial charge is 0.253 e. The lowest BCUT2D eigenvalue weighted by Gasteiger charge is -2.24. The molecule has 6 heteroatoms. The number of hydrogen-bond acceptors (Lipinski definition) is 3. The minimum Gasteiger partial charge on any atom is -0.395 e. The molecule has 3 N–H and O–H groups in total. The van der Waals surface area contributed by atoms with Crippen LogP contribution in [0.1, 0.15) is 23.6 Å². The number of benzene rings is 1. The molecule has 0 unspecified atom stereocenters. The fourth-order valence-corrected chi connectivity index (χ4v) is 2.78. The van der Waals surface area contributed by atoms with Gasteiger partial charge in [-0.15, -0.1) is 0 Å². The van der Waals surface area contributed by atoms with Gasteiger partial charge in [-0.2, -0.15) is 0 Å². The molecule has 1 aromatic heterocycles. The first-order valence-electron chi connectivity index (χ1n) is 7.73. The van der Waals surface area contributed by atoms with Crippen LogP contribution in [0.25, 0.3) is 10.9 Å². The number of nitrogens with zero attached hydrogens (tertiary/aromatic N) is 1. The Labute approximate surface area is 141 Å². The van der Waals surface area contributed by atoms with Crippen LogP contribution >= 0.6 is 12.2 Å². The van der Waals surface area contributed by atoms with Gasteiger partial charge in [-0.25, -0.2) is 0 Å². The van der Waals surface area contributed by atoms with Gasteiger partial charge in [0, 0.05) is 24.2 Å². The first-order valence-corrected chi connectivity index (χ1v) is 8.14. The number of rotatable bonds is 5. The maximum atomic E-state index is 12.3. The quantitative estimate of drug-likeness (QED) is 0.729. The Balaban J connectivity index is 2.37. The zero-order valence-corrected chi connectivity index (χ0v) is 14.6. The molecule has 2 rings (SSSR count). The molecule has 124 valence electrons. The molecule has 0 spiro atoms. The van der Waals surface area contributed by atoms with E-state index in [-0.39, 0.29) is 12.2 Å². The Bertz CT molecular complexity index is 770. The van der Waals surface area contributed by atoms with Gasteiger partial charge >= 0.3 is 0 Å². The maximum absolute atomic E-state index is 12.3. The van der Waals surface area contributed by atoms with E-state index in [0.717, 1.165) is 16.5 Å². The molecule has 23 heavy (non-hydrogen) atoms. The average molecular weight is 333 g/mol. The summed E-state index contributed by atoms with van der Waals surface area (Å²) in [6, 6.07) is 5.97. The van der Waals surface area contributed by atoms with E-state index in [4.69, 9.17) is 12.2 Å². The van der Waals surface area contributed by atoms with Crippen molar-refractivity contribution in [3.8, 4) is 0 Å². The highest BCUT2D eigenvalue weighted by molar-refractivity contribution is 7.80. The van der Waals surface area contributed by atoms with E-state index in [1.807, 2.05) is 26.0 Å². The second-order valence-corrected chi connectivity index (χ2v) is 6.01. The van der Waals surface area contributed by atoms with E-state index in [9.17, 15) is 9.90 Å². The van der Waals surface area contributed by atoms with Crippen molar-refractivity contribution >= 4 is 28.2 Å². The first-order chi connectivity index (χ1) is 11.0. The Hall–Kier alpha value is -1.92. The van der Waals surface area contributed by atoms with Crippen molar-refractivity contribution in [1.29, 1.82) is 0 Å². The number of nitrogens with one attached hydrogen (secondary N) is 2. The summed E-state index contributed by atoms with van der Waals surface area (Å²) in [5.41, 5.74) is 3.68. The van der Waals surface area contributed by atoms with Crippen LogP contribution in [-0.2, 0) is 6.54 Å². The zero-order chi connectivity index (χ0) is 17.0. The van der Waals surface area contributed by atoms with E-state index < -0.39 is 0 Å². The lowest BCUT2D eigenvalue weighted by Crippen LogP contribution is -2.41. The van der Waals surface area contributed by atoms with Crippen LogP contribution in [0.5, 0.6) is 0 Å². The molecule has 0 atom stereocenters. The monoisotopic (exact) mass is 333 g/mol. The van der Waals surface area contributed by atoms with Crippen LogP contribution in [0, 0.1) is 13.8 Å². The molecule has 0 fully saturated rings. The molecule has 0 amide bonds. The van der Waals surface area contributed by atoms with Crippen molar-refractivity contribution < 1.29 is 5.11 Å². The summed E-state index contributed by atoms with van der Waals surface area (Å²) in [6.45, 7) is 7.47. The third-order valence-electron chi connectivity index (χ3n) is 3.88. The summed E-state index contributed by atoms with van der Waals surface area (Å²) in [4.78, 5) is 17.1. The Morgan fingerprint density at radius 3 is 2.65 bits per heavy atom. The van der Waals surface area contributed by atoms with Crippen molar-refractivity contribution in [2.75, 3.05) is 19.7 Å². The van der Waals surface area contributed by atoms with E-state index >= 15 is 0 Å². The van der Waals surface area contributed by atoms with Gasteiger partial charge in [0.2, 0.25) is 0 Å². The van der Waals surface area contributed by atoms with Crippen LogP contribution in [0.2, 0.25) is 0 Å². The van der Waals surface area contributed by atoms with E-state index in [2.05, 4.69) is 23.3 Å². The van der Waals surface area contributed by atoms with E-state index in [1.54, 1.807) is 4.90 Å². The SMILES string of the molecule is CCNC(=S)N(CCO)Cc1cc2cc(C)c(C)cc2[nH]c1=O. The predicted octanol–water partition coefficient (Wildman–Crippen LogP) is 1.83. The Morgan fingerprint density at radius 2 is 2.00 bits per heavy atom. The van der Waals surface area contributed by atoms with Gasteiger partial charge in [0.05, 0.1) is 13.2 Å². The van der Waals surface area contributed by atoms with Gasteiger partial charge in [-0.1, -0.05) is 0 Å². The van der Waals surface area contributed by atoms with Crippen molar-refractivity contribution in [2.24, 2.45) is 0 Å². The van der Waals surface area contributed by atoms with E-state index in [0.29, 0.717) is 30.3 Å². The molecule has 0 saturated heterocycles. The highest BCUT2D eigenvalue weighted by Gasteiger charge is 2.12. The Kier molecular flexibility index (Phi) is 5.74. The molecule has 0 bridgehead atoms. The lowest BCUT2D eigenvalue weighted by molar-refractivity contribution is 0.245. The van der Waals surface area contributed by atoms with Crippen LogP contribution in [0.3, 0.4) is 0 Å².